The number of aromatic nitrogens is 2. The number of rotatable bonds is 5. The van der Waals surface area contributed by atoms with Gasteiger partial charge < -0.3 is 15.7 Å². The van der Waals surface area contributed by atoms with Crippen molar-refractivity contribution in [2.75, 3.05) is 13.1 Å². The standard InChI is InChI=1S/C10H16N4O3/c1-3-14(6-8(15)16)10(17)9(11)7-4-12-13(2)5-7/h4-5,9H,3,6,11H2,1-2H3,(H,15,16). The zero-order valence-corrected chi connectivity index (χ0v) is 9.83. The van der Waals surface area contributed by atoms with Crippen molar-refractivity contribution in [1.82, 2.24) is 14.7 Å². The molecule has 0 saturated carbocycles. The third-order valence-corrected chi connectivity index (χ3v) is 2.37. The lowest BCUT2D eigenvalue weighted by Crippen LogP contribution is -2.41. The van der Waals surface area contributed by atoms with Gasteiger partial charge in [0.25, 0.3) is 0 Å². The van der Waals surface area contributed by atoms with Crippen LogP contribution >= 0.6 is 0 Å². The molecule has 0 aliphatic rings. The highest BCUT2D eigenvalue weighted by atomic mass is 16.4. The first-order valence-electron chi connectivity index (χ1n) is 5.20. The Morgan fingerprint density at radius 3 is 2.71 bits per heavy atom. The lowest BCUT2D eigenvalue weighted by molar-refractivity contribution is -0.144. The summed E-state index contributed by atoms with van der Waals surface area (Å²) in [5, 5.41) is 12.6. The van der Waals surface area contributed by atoms with Crippen LogP contribution in [0.4, 0.5) is 0 Å². The lowest BCUT2D eigenvalue weighted by atomic mass is 10.1. The van der Waals surface area contributed by atoms with Gasteiger partial charge in [-0.25, -0.2) is 0 Å². The number of carboxylic acid groups (broad SMARTS) is 1. The highest BCUT2D eigenvalue weighted by molar-refractivity contribution is 5.86. The predicted molar refractivity (Wildman–Crippen MR) is 60.0 cm³/mol. The van der Waals surface area contributed by atoms with Crippen molar-refractivity contribution in [2.24, 2.45) is 12.8 Å². The number of amides is 1. The maximum Gasteiger partial charge on any atom is 0.323 e. The largest absolute Gasteiger partial charge is 0.480 e. The van der Waals surface area contributed by atoms with Crippen LogP contribution in [-0.4, -0.2) is 44.8 Å². The van der Waals surface area contributed by atoms with Gasteiger partial charge >= 0.3 is 5.97 Å². The first-order valence-corrected chi connectivity index (χ1v) is 5.20. The van der Waals surface area contributed by atoms with Gasteiger partial charge in [0.2, 0.25) is 5.91 Å². The Hall–Kier alpha value is -1.89. The van der Waals surface area contributed by atoms with Gasteiger partial charge in [-0.1, -0.05) is 0 Å². The van der Waals surface area contributed by atoms with Crippen molar-refractivity contribution in [3.63, 3.8) is 0 Å². The van der Waals surface area contributed by atoms with Gasteiger partial charge in [-0.05, 0) is 6.92 Å². The second kappa shape index (κ2) is 5.44. The van der Waals surface area contributed by atoms with Crippen LogP contribution in [0.1, 0.15) is 18.5 Å². The van der Waals surface area contributed by atoms with Gasteiger partial charge in [-0.15, -0.1) is 0 Å². The third kappa shape index (κ3) is 3.28. The first kappa shape index (κ1) is 13.2. The minimum atomic E-state index is -1.06. The maximum atomic E-state index is 11.9. The first-order chi connectivity index (χ1) is 7.95. The van der Waals surface area contributed by atoms with Crippen molar-refractivity contribution >= 4 is 11.9 Å². The molecule has 1 rings (SSSR count). The second-order valence-corrected chi connectivity index (χ2v) is 3.67. The molecule has 0 aliphatic heterocycles. The van der Waals surface area contributed by atoms with Crippen LogP contribution < -0.4 is 5.73 Å². The smallest absolute Gasteiger partial charge is 0.323 e. The van der Waals surface area contributed by atoms with Crippen molar-refractivity contribution in [3.8, 4) is 0 Å². The molecule has 0 spiro atoms. The molecule has 17 heavy (non-hydrogen) atoms. The van der Waals surface area contributed by atoms with Crippen molar-refractivity contribution in [2.45, 2.75) is 13.0 Å². The topological polar surface area (TPSA) is 101 Å². The molecule has 0 fully saturated rings. The Balaban J connectivity index is 2.77. The number of aryl methyl sites for hydroxylation is 1. The van der Waals surface area contributed by atoms with E-state index in [0.29, 0.717) is 12.1 Å². The number of carbonyl (C=O) groups excluding carboxylic acids is 1. The highest BCUT2D eigenvalue weighted by Crippen LogP contribution is 2.11. The van der Waals surface area contributed by atoms with Gasteiger partial charge in [0.05, 0.1) is 6.20 Å². The van der Waals surface area contributed by atoms with E-state index in [0.717, 1.165) is 0 Å². The normalized spacial score (nSPS) is 12.2. The minimum Gasteiger partial charge on any atom is -0.480 e. The summed E-state index contributed by atoms with van der Waals surface area (Å²) < 4.78 is 1.54. The van der Waals surface area contributed by atoms with Gasteiger partial charge in [0.1, 0.15) is 12.6 Å². The molecule has 1 amide bonds. The van der Waals surface area contributed by atoms with E-state index in [1.165, 1.54) is 15.8 Å². The van der Waals surface area contributed by atoms with Crippen molar-refractivity contribution in [3.05, 3.63) is 18.0 Å². The Kier molecular flexibility index (Phi) is 4.22. The van der Waals surface area contributed by atoms with Crippen LogP contribution in [0.25, 0.3) is 0 Å². The average Bonchev–Trinajstić information content (AvgIpc) is 2.70. The maximum absolute atomic E-state index is 11.9. The fourth-order valence-corrected chi connectivity index (χ4v) is 1.45. The van der Waals surface area contributed by atoms with E-state index < -0.39 is 17.9 Å². The molecule has 1 aromatic heterocycles. The number of nitrogens with zero attached hydrogens (tertiary/aromatic N) is 3. The third-order valence-electron chi connectivity index (χ3n) is 2.37. The number of aliphatic carboxylic acids is 1. The van der Waals surface area contributed by atoms with Crippen LogP contribution in [0.15, 0.2) is 12.4 Å². The van der Waals surface area contributed by atoms with E-state index in [9.17, 15) is 9.59 Å². The van der Waals surface area contributed by atoms with Crippen molar-refractivity contribution < 1.29 is 14.7 Å². The number of carboxylic acids is 1. The molecular formula is C10H16N4O3. The summed E-state index contributed by atoms with van der Waals surface area (Å²) in [4.78, 5) is 23.7. The molecule has 3 N–H and O–H groups in total. The molecule has 0 aliphatic carbocycles. The summed E-state index contributed by atoms with van der Waals surface area (Å²) in [6.07, 6.45) is 3.13. The monoisotopic (exact) mass is 240 g/mol. The van der Waals surface area contributed by atoms with Crippen molar-refractivity contribution in [1.29, 1.82) is 0 Å². The van der Waals surface area contributed by atoms with Crippen LogP contribution in [0, 0.1) is 0 Å². The average molecular weight is 240 g/mol. The Morgan fingerprint density at radius 1 is 1.65 bits per heavy atom. The van der Waals surface area contributed by atoms with Gasteiger partial charge in [0.15, 0.2) is 0 Å². The second-order valence-electron chi connectivity index (χ2n) is 3.67. The molecule has 7 heteroatoms. The summed E-state index contributed by atoms with van der Waals surface area (Å²) in [5.74, 6) is -1.47. The number of nitrogens with two attached hydrogens (primary N) is 1. The van der Waals surface area contributed by atoms with E-state index in [1.807, 2.05) is 0 Å². The number of hydrogen-bond acceptors (Lipinski definition) is 4. The predicted octanol–water partition coefficient (Wildman–Crippen LogP) is -0.647. The van der Waals surface area contributed by atoms with Gasteiger partial charge in [0, 0.05) is 25.4 Å². The van der Waals surface area contributed by atoms with E-state index >= 15 is 0 Å². The van der Waals surface area contributed by atoms with E-state index in [1.54, 1.807) is 20.2 Å². The molecule has 7 nitrogen and oxygen atoms in total. The Morgan fingerprint density at radius 2 is 2.29 bits per heavy atom. The molecule has 0 bridgehead atoms. The fourth-order valence-electron chi connectivity index (χ4n) is 1.45. The van der Waals surface area contributed by atoms with Gasteiger partial charge in [-0.2, -0.15) is 5.10 Å². The number of hydrogen-bond donors (Lipinski definition) is 2. The van der Waals surface area contributed by atoms with Crippen LogP contribution in [0.3, 0.4) is 0 Å². The van der Waals surface area contributed by atoms with Crippen LogP contribution in [0.2, 0.25) is 0 Å². The SMILES string of the molecule is CCN(CC(=O)O)C(=O)C(N)c1cnn(C)c1. The summed E-state index contributed by atoms with van der Waals surface area (Å²) in [5.41, 5.74) is 6.34. The summed E-state index contributed by atoms with van der Waals surface area (Å²) >= 11 is 0. The zero-order valence-electron chi connectivity index (χ0n) is 9.83. The summed E-state index contributed by atoms with van der Waals surface area (Å²) in [7, 11) is 1.72. The van der Waals surface area contributed by atoms with Crippen LogP contribution in [-0.2, 0) is 16.6 Å². The Bertz CT molecular complexity index is 415. The highest BCUT2D eigenvalue weighted by Gasteiger charge is 2.23. The molecule has 0 aromatic carbocycles. The zero-order chi connectivity index (χ0) is 13.0. The molecule has 1 atom stereocenters. The van der Waals surface area contributed by atoms with E-state index in [2.05, 4.69) is 5.10 Å². The van der Waals surface area contributed by atoms with Crippen LogP contribution in [0.5, 0.6) is 0 Å². The molecule has 0 saturated heterocycles. The van der Waals surface area contributed by atoms with Gasteiger partial charge in [-0.3, -0.25) is 14.3 Å². The molecule has 1 unspecified atom stereocenters. The summed E-state index contributed by atoms with van der Waals surface area (Å²) in [6.45, 7) is 1.67. The summed E-state index contributed by atoms with van der Waals surface area (Å²) in [6, 6.07) is -0.872. The van der Waals surface area contributed by atoms with E-state index in [4.69, 9.17) is 10.8 Å². The molecule has 1 heterocycles. The Labute approximate surface area is 98.8 Å². The lowest BCUT2D eigenvalue weighted by Gasteiger charge is -2.21. The fraction of sp³-hybridized carbons (Fsp3) is 0.500. The molecular weight excluding hydrogens is 224 g/mol. The molecule has 1 aromatic rings. The molecule has 94 valence electrons. The van der Waals surface area contributed by atoms with E-state index in [-0.39, 0.29) is 6.54 Å². The number of likely N-dealkylation sites (N-methyl/N-ethyl adjacent to an activating group) is 1. The minimum absolute atomic E-state index is 0.305. The number of carbonyl (C=O) groups is 2. The molecule has 0 radical (unpaired) electrons. The quantitative estimate of drug-likeness (QED) is 0.712.